The van der Waals surface area contributed by atoms with Crippen molar-refractivity contribution in [3.63, 3.8) is 0 Å². The van der Waals surface area contributed by atoms with E-state index in [0.717, 1.165) is 20.2 Å². The van der Waals surface area contributed by atoms with Gasteiger partial charge in [0, 0.05) is 5.69 Å². The van der Waals surface area contributed by atoms with Crippen LogP contribution in [0.5, 0.6) is 0 Å². The number of nitrogens with one attached hydrogen (secondary N) is 1. The zero-order valence-electron chi connectivity index (χ0n) is 11.0. The van der Waals surface area contributed by atoms with Crippen LogP contribution in [-0.2, 0) is 9.53 Å². The molecule has 1 fully saturated rings. The second-order valence-electron chi connectivity index (χ2n) is 5.10. The van der Waals surface area contributed by atoms with Gasteiger partial charge in [-0.3, -0.25) is 4.79 Å². The number of aromatic nitrogens is 1. The van der Waals surface area contributed by atoms with Gasteiger partial charge < -0.3 is 15.8 Å². The smallest absolute Gasteiger partial charge is 0.231 e. The van der Waals surface area contributed by atoms with Gasteiger partial charge in [-0.15, -0.1) is 11.3 Å². The summed E-state index contributed by atoms with van der Waals surface area (Å²) in [7, 11) is 0. The Morgan fingerprint density at radius 1 is 1.60 bits per heavy atom. The summed E-state index contributed by atoms with van der Waals surface area (Å²) in [6.07, 6.45) is 0. The van der Waals surface area contributed by atoms with E-state index < -0.39 is 0 Å². The van der Waals surface area contributed by atoms with Crippen LogP contribution in [0.25, 0.3) is 10.2 Å². The highest BCUT2D eigenvalue weighted by Gasteiger charge is 2.34. The lowest BCUT2D eigenvalue weighted by molar-refractivity contribution is -0.128. The molecule has 106 valence electrons. The number of amides is 1. The van der Waals surface area contributed by atoms with E-state index in [4.69, 9.17) is 10.5 Å². The average Bonchev–Trinajstić information content (AvgIpc) is 2.76. The number of benzene rings is 1. The van der Waals surface area contributed by atoms with Crippen molar-refractivity contribution in [3.05, 3.63) is 18.2 Å². The number of nitrogens with two attached hydrogens (primary N) is 1. The summed E-state index contributed by atoms with van der Waals surface area (Å²) in [5.74, 6) is 0.379. The number of thiazole rings is 1. The number of ether oxygens (including phenoxy) is 1. The molecule has 0 radical (unpaired) electrons. The molecule has 1 amide bonds. The fourth-order valence-corrected chi connectivity index (χ4v) is 3.88. The van der Waals surface area contributed by atoms with Crippen molar-refractivity contribution in [1.82, 2.24) is 10.3 Å². The summed E-state index contributed by atoms with van der Waals surface area (Å²) in [5, 5.41) is 2.98. The molecule has 0 aliphatic carbocycles. The number of thioether (sulfide) groups is 1. The molecule has 0 spiro atoms. The van der Waals surface area contributed by atoms with Crippen LogP contribution in [0.15, 0.2) is 22.5 Å². The van der Waals surface area contributed by atoms with Gasteiger partial charge in [0.15, 0.2) is 4.34 Å². The van der Waals surface area contributed by atoms with E-state index in [1.54, 1.807) is 11.3 Å². The highest BCUT2D eigenvalue weighted by molar-refractivity contribution is 8.01. The molecule has 1 aromatic heterocycles. The van der Waals surface area contributed by atoms with E-state index in [9.17, 15) is 4.79 Å². The average molecular weight is 309 g/mol. The first-order valence-corrected chi connectivity index (χ1v) is 8.02. The van der Waals surface area contributed by atoms with Gasteiger partial charge in [-0.2, -0.15) is 0 Å². The summed E-state index contributed by atoms with van der Waals surface area (Å²) in [4.78, 5) is 16.3. The lowest BCUT2D eigenvalue weighted by Crippen LogP contribution is -2.60. The summed E-state index contributed by atoms with van der Waals surface area (Å²) < 4.78 is 7.04. The minimum Gasteiger partial charge on any atom is -0.399 e. The largest absolute Gasteiger partial charge is 0.399 e. The molecule has 2 aromatic rings. The maximum atomic E-state index is 11.9. The number of fused-ring (bicyclic) bond motifs is 1. The van der Waals surface area contributed by atoms with Gasteiger partial charge in [-0.1, -0.05) is 11.8 Å². The number of carbonyl (C=O) groups excluding carboxylic acids is 1. The molecule has 1 saturated heterocycles. The Labute approximate surface area is 124 Å². The Hall–Kier alpha value is -1.31. The first-order valence-electron chi connectivity index (χ1n) is 6.22. The van der Waals surface area contributed by atoms with Crippen molar-refractivity contribution in [1.29, 1.82) is 0 Å². The molecule has 3 N–H and O–H groups in total. The Morgan fingerprint density at radius 3 is 3.10 bits per heavy atom. The van der Waals surface area contributed by atoms with Gasteiger partial charge in [-0.25, -0.2) is 4.98 Å². The Morgan fingerprint density at radius 2 is 2.40 bits per heavy atom. The van der Waals surface area contributed by atoms with Crippen molar-refractivity contribution in [2.45, 2.75) is 16.8 Å². The summed E-state index contributed by atoms with van der Waals surface area (Å²) in [6.45, 7) is 3.16. The van der Waals surface area contributed by atoms with Crippen molar-refractivity contribution >= 4 is 44.9 Å². The molecule has 5 nitrogen and oxygen atoms in total. The molecule has 1 aromatic carbocycles. The van der Waals surface area contributed by atoms with Crippen LogP contribution in [-0.4, -0.2) is 35.4 Å². The zero-order valence-corrected chi connectivity index (χ0v) is 12.6. The summed E-state index contributed by atoms with van der Waals surface area (Å²) in [5.41, 5.74) is 7.20. The number of nitrogen functional groups attached to an aromatic ring is 1. The minimum atomic E-state index is -0.195. The van der Waals surface area contributed by atoms with Crippen molar-refractivity contribution in [2.24, 2.45) is 0 Å². The zero-order chi connectivity index (χ0) is 14.2. The predicted octanol–water partition coefficient (Wildman–Crippen LogP) is 1.88. The first kappa shape index (κ1) is 13.7. The molecule has 3 rings (SSSR count). The molecule has 1 aliphatic heterocycles. The van der Waals surface area contributed by atoms with Gasteiger partial charge in [-0.05, 0) is 25.1 Å². The maximum absolute atomic E-state index is 11.9. The predicted molar refractivity (Wildman–Crippen MR) is 82.1 cm³/mol. The van der Waals surface area contributed by atoms with Crippen molar-refractivity contribution < 1.29 is 9.53 Å². The summed E-state index contributed by atoms with van der Waals surface area (Å²) >= 11 is 3.01. The molecular formula is C13H15N3O2S2. The van der Waals surface area contributed by atoms with Gasteiger partial charge in [0.1, 0.15) is 0 Å². The standard InChI is InChI=1S/C13H15N3O2S2/c1-13(6-18-7-13)16-11(17)5-19-12-15-9-3-2-8(14)4-10(9)20-12/h2-4H,5-7,14H2,1H3,(H,16,17). The molecule has 1 aliphatic rings. The second kappa shape index (κ2) is 5.23. The third-order valence-corrected chi connectivity index (χ3v) is 5.16. The monoisotopic (exact) mass is 309 g/mol. The van der Waals surface area contributed by atoms with E-state index in [1.807, 2.05) is 25.1 Å². The fourth-order valence-electron chi connectivity index (χ4n) is 1.96. The van der Waals surface area contributed by atoms with Crippen LogP contribution < -0.4 is 11.1 Å². The maximum Gasteiger partial charge on any atom is 0.231 e. The number of anilines is 1. The first-order chi connectivity index (χ1) is 9.54. The van der Waals surface area contributed by atoms with E-state index >= 15 is 0 Å². The fraction of sp³-hybridized carbons (Fsp3) is 0.385. The molecular weight excluding hydrogens is 294 g/mol. The summed E-state index contributed by atoms with van der Waals surface area (Å²) in [6, 6.07) is 5.64. The van der Waals surface area contributed by atoms with E-state index in [2.05, 4.69) is 10.3 Å². The van der Waals surface area contributed by atoms with Crippen molar-refractivity contribution in [3.8, 4) is 0 Å². The Bertz CT molecular complexity index is 652. The highest BCUT2D eigenvalue weighted by atomic mass is 32.2. The molecule has 0 bridgehead atoms. The molecule has 20 heavy (non-hydrogen) atoms. The van der Waals surface area contributed by atoms with Crippen molar-refractivity contribution in [2.75, 3.05) is 24.7 Å². The van der Waals surface area contributed by atoms with Crippen LogP contribution in [0.1, 0.15) is 6.92 Å². The molecule has 7 heteroatoms. The molecule has 0 unspecified atom stereocenters. The number of hydrogen-bond donors (Lipinski definition) is 2. The minimum absolute atomic E-state index is 0.0135. The van der Waals surface area contributed by atoms with Crippen LogP contribution in [0, 0.1) is 0 Å². The second-order valence-corrected chi connectivity index (χ2v) is 7.35. The normalized spacial score (nSPS) is 16.9. The third kappa shape index (κ3) is 2.89. The van der Waals surface area contributed by atoms with Gasteiger partial charge in [0.25, 0.3) is 0 Å². The van der Waals surface area contributed by atoms with Crippen LogP contribution >= 0.6 is 23.1 Å². The number of carbonyl (C=O) groups is 1. The number of rotatable bonds is 4. The van der Waals surface area contributed by atoms with Crippen LogP contribution in [0.4, 0.5) is 5.69 Å². The van der Waals surface area contributed by atoms with E-state index in [-0.39, 0.29) is 11.4 Å². The third-order valence-electron chi connectivity index (χ3n) is 3.00. The quantitative estimate of drug-likeness (QED) is 0.666. The molecule has 0 atom stereocenters. The number of hydrogen-bond acceptors (Lipinski definition) is 6. The van der Waals surface area contributed by atoms with E-state index in [0.29, 0.717) is 19.0 Å². The molecule has 0 saturated carbocycles. The number of nitrogens with zero attached hydrogens (tertiary/aromatic N) is 1. The van der Waals surface area contributed by atoms with Gasteiger partial charge in [0.05, 0.1) is 34.7 Å². The Kier molecular flexibility index (Phi) is 3.57. The SMILES string of the molecule is CC1(NC(=O)CSc2nc3ccc(N)cc3s2)COC1. The van der Waals surface area contributed by atoms with E-state index in [1.165, 1.54) is 11.8 Å². The van der Waals surface area contributed by atoms with Crippen LogP contribution in [0.2, 0.25) is 0 Å². The van der Waals surface area contributed by atoms with Gasteiger partial charge >= 0.3 is 0 Å². The topological polar surface area (TPSA) is 77.2 Å². The lowest BCUT2D eigenvalue weighted by Gasteiger charge is -2.38. The van der Waals surface area contributed by atoms with Crippen LogP contribution in [0.3, 0.4) is 0 Å². The Balaban J connectivity index is 1.60. The lowest BCUT2D eigenvalue weighted by atomic mass is 10.0. The van der Waals surface area contributed by atoms with Gasteiger partial charge in [0.2, 0.25) is 5.91 Å². The highest BCUT2D eigenvalue weighted by Crippen LogP contribution is 2.30. The molecule has 2 heterocycles.